The van der Waals surface area contributed by atoms with Crippen molar-refractivity contribution >= 4 is 39.1 Å². The summed E-state index contributed by atoms with van der Waals surface area (Å²) >= 11 is 0. The van der Waals surface area contributed by atoms with Gasteiger partial charge >= 0.3 is 6.01 Å². The fraction of sp³-hybridized carbons (Fsp3) is 0.300. The largest absolute Gasteiger partial charge is 0.508 e. The smallest absolute Gasteiger partial charge is 0.319 e. The molecule has 272 valence electrons. The number of phenols is 1. The van der Waals surface area contributed by atoms with E-state index in [1.54, 1.807) is 29.4 Å². The number of halogens is 3. The summed E-state index contributed by atoms with van der Waals surface area (Å²) in [5.74, 6) is 0.0361. The molecule has 1 N–H and O–H groups in total. The maximum absolute atomic E-state index is 17.1. The summed E-state index contributed by atoms with van der Waals surface area (Å²) in [5.41, 5.74) is -0.595. The maximum atomic E-state index is 17.1. The lowest BCUT2D eigenvalue weighted by molar-refractivity contribution is -0.129. The molecule has 0 saturated carbocycles. The van der Waals surface area contributed by atoms with E-state index in [2.05, 4.69) is 33.5 Å². The van der Waals surface area contributed by atoms with Crippen molar-refractivity contribution in [3.63, 3.8) is 0 Å². The number of terminal acetylenes is 1. The van der Waals surface area contributed by atoms with Crippen molar-refractivity contribution in [1.29, 1.82) is 5.26 Å². The zero-order chi connectivity index (χ0) is 37.9. The number of carbonyl (C=O) groups excluding carboxylic acids is 1. The van der Waals surface area contributed by atoms with Crippen molar-refractivity contribution in [3.05, 3.63) is 84.8 Å². The van der Waals surface area contributed by atoms with Gasteiger partial charge in [-0.15, -0.1) is 6.42 Å². The Hall–Kier alpha value is -6.41. The van der Waals surface area contributed by atoms with Crippen LogP contribution in [0, 0.1) is 41.2 Å². The zero-order valence-electron chi connectivity index (χ0n) is 29.1. The normalized spacial score (nSPS) is 23.4. The first kappa shape index (κ1) is 34.7. The maximum Gasteiger partial charge on any atom is 0.319 e. The van der Waals surface area contributed by atoms with Gasteiger partial charge in [-0.1, -0.05) is 18.6 Å². The van der Waals surface area contributed by atoms with Gasteiger partial charge in [0.15, 0.2) is 5.82 Å². The highest BCUT2D eigenvalue weighted by Gasteiger charge is 2.49. The number of alkyl halides is 1. The third-order valence-corrected chi connectivity index (χ3v) is 10.7. The first-order valence-electron chi connectivity index (χ1n) is 17.4. The topological polar surface area (TPSA) is 132 Å². The number of pyridine rings is 2. The molecule has 3 aromatic heterocycles. The number of hydrogen-bond donors (Lipinski definition) is 1. The summed E-state index contributed by atoms with van der Waals surface area (Å²) in [6.07, 6.45) is 11.0. The average Bonchev–Trinajstić information content (AvgIpc) is 3.60. The molecule has 3 aliphatic rings. The monoisotopic (exact) mass is 730 g/mol. The Morgan fingerprint density at radius 3 is 2.72 bits per heavy atom. The van der Waals surface area contributed by atoms with Gasteiger partial charge in [0.25, 0.3) is 0 Å². The number of amides is 1. The number of piperazine rings is 1. The molecule has 5 aromatic rings. The highest BCUT2D eigenvalue weighted by Crippen LogP contribution is 2.42. The zero-order valence-corrected chi connectivity index (χ0v) is 29.1. The van der Waals surface area contributed by atoms with Gasteiger partial charge in [0.2, 0.25) is 5.91 Å². The number of nitrogens with zero attached hydrogens (tertiary/aromatic N) is 8. The number of aromatic hydroxyl groups is 1. The number of fused-ring (bicyclic) bond motifs is 4. The molecular weight excluding hydrogens is 697 g/mol. The van der Waals surface area contributed by atoms with Crippen molar-refractivity contribution in [1.82, 2.24) is 24.8 Å². The highest BCUT2D eigenvalue weighted by atomic mass is 19.1. The van der Waals surface area contributed by atoms with Crippen molar-refractivity contribution in [3.8, 4) is 41.4 Å². The lowest BCUT2D eigenvalue weighted by Crippen LogP contribution is -2.56. The molecule has 6 heterocycles. The molecule has 1 amide bonds. The minimum atomic E-state index is -1.14. The fourth-order valence-corrected chi connectivity index (χ4v) is 8.36. The van der Waals surface area contributed by atoms with Gasteiger partial charge in [0.05, 0.1) is 40.6 Å². The molecule has 1 unspecified atom stereocenters. The van der Waals surface area contributed by atoms with Gasteiger partial charge in [0.1, 0.15) is 41.4 Å². The molecule has 3 aliphatic heterocycles. The summed E-state index contributed by atoms with van der Waals surface area (Å²) in [6.45, 7) is 6.03. The first-order valence-corrected chi connectivity index (χ1v) is 17.4. The van der Waals surface area contributed by atoms with Crippen LogP contribution >= 0.6 is 0 Å². The van der Waals surface area contributed by atoms with Crippen molar-refractivity contribution in [2.24, 2.45) is 5.92 Å². The molecule has 3 fully saturated rings. The molecule has 54 heavy (non-hydrogen) atoms. The minimum Gasteiger partial charge on any atom is -0.508 e. The van der Waals surface area contributed by atoms with Crippen LogP contribution in [-0.4, -0.2) is 85.9 Å². The number of aromatic nitrogens is 4. The fourth-order valence-electron chi connectivity index (χ4n) is 8.36. The molecule has 5 atom stereocenters. The van der Waals surface area contributed by atoms with Gasteiger partial charge in [-0.2, -0.15) is 15.2 Å². The molecule has 0 aliphatic carbocycles. The Bertz CT molecular complexity index is 2440. The van der Waals surface area contributed by atoms with E-state index >= 15 is 8.78 Å². The summed E-state index contributed by atoms with van der Waals surface area (Å²) in [4.78, 5) is 36.1. The van der Waals surface area contributed by atoms with Gasteiger partial charge < -0.3 is 24.5 Å². The molecule has 0 spiro atoms. The Morgan fingerprint density at radius 2 is 1.98 bits per heavy atom. The number of ether oxygens (including phenoxy) is 1. The molecule has 2 aromatic carbocycles. The van der Waals surface area contributed by atoms with E-state index in [1.807, 2.05) is 16.7 Å². The van der Waals surface area contributed by atoms with Gasteiger partial charge in [0, 0.05) is 61.3 Å². The number of carbonyl (C=O) groups is 1. The number of hydrogen-bond acceptors (Lipinski definition) is 10. The molecule has 2 bridgehead atoms. The van der Waals surface area contributed by atoms with E-state index in [9.17, 15) is 19.6 Å². The highest BCUT2D eigenvalue weighted by molar-refractivity contribution is 6.03. The second-order valence-electron chi connectivity index (χ2n) is 14.1. The van der Waals surface area contributed by atoms with Crippen molar-refractivity contribution < 1.29 is 27.8 Å². The van der Waals surface area contributed by atoms with E-state index in [0.29, 0.717) is 11.8 Å². The molecule has 11 nitrogen and oxygen atoms in total. The number of phenolic OH excluding ortho intramolecular Hbond substituents is 1. The van der Waals surface area contributed by atoms with Crippen LogP contribution in [-0.2, 0) is 4.79 Å². The van der Waals surface area contributed by atoms with Crippen LogP contribution in [0.15, 0.2) is 67.6 Å². The Labute approximate surface area is 308 Å². The van der Waals surface area contributed by atoms with Crippen LogP contribution in [0.2, 0.25) is 0 Å². The van der Waals surface area contributed by atoms with Gasteiger partial charge in [-0.05, 0) is 55.1 Å². The molecule has 0 radical (unpaired) electrons. The van der Waals surface area contributed by atoms with Gasteiger partial charge in [-0.3, -0.25) is 14.8 Å². The van der Waals surface area contributed by atoms with E-state index in [4.69, 9.17) is 16.1 Å². The number of anilines is 2. The van der Waals surface area contributed by atoms with E-state index in [1.165, 1.54) is 36.5 Å². The summed E-state index contributed by atoms with van der Waals surface area (Å²) < 4.78 is 53.3. The number of benzene rings is 2. The number of rotatable bonds is 7. The number of nitriles is 1. The van der Waals surface area contributed by atoms with Crippen LogP contribution in [0.1, 0.15) is 25.3 Å². The predicted molar refractivity (Wildman–Crippen MR) is 195 cm³/mol. The standard InChI is InChI=1S/C40H33F3N8O3/c1-4-28-31(42)7-6-22-13-27(52)14-29(34(22)28)36-35(43)37-30(17-46-36)38(49-19-26-12-23(16-44)32(20-49)51(26)33(53)5-2)48-39(47-37)54-21-40(3)15-24(41)18-50(40)25-8-10-45-11-9-25/h1,5-11,13-14,17,23-24,26,32,52H,2,12,15,18-21H2,3H3/t23?,24-,26-,32-,40+/m1/s1. The Morgan fingerprint density at radius 1 is 1.19 bits per heavy atom. The van der Waals surface area contributed by atoms with E-state index in [0.717, 1.165) is 5.69 Å². The average molecular weight is 731 g/mol. The minimum absolute atomic E-state index is 0.0476. The van der Waals surface area contributed by atoms with Crippen LogP contribution in [0.3, 0.4) is 0 Å². The second-order valence-corrected chi connectivity index (χ2v) is 14.1. The van der Waals surface area contributed by atoms with Crippen molar-refractivity contribution in [2.45, 2.75) is 43.6 Å². The third-order valence-electron chi connectivity index (χ3n) is 10.7. The van der Waals surface area contributed by atoms with E-state index < -0.39 is 35.3 Å². The summed E-state index contributed by atoms with van der Waals surface area (Å²) in [6, 6.07) is 10.1. The quantitative estimate of drug-likeness (QED) is 0.164. The summed E-state index contributed by atoms with van der Waals surface area (Å²) in [7, 11) is 0. The Kier molecular flexibility index (Phi) is 8.49. The second kappa shape index (κ2) is 13.2. The predicted octanol–water partition coefficient (Wildman–Crippen LogP) is 5.71. The SMILES string of the molecule is C#Cc1c(F)ccc2cc(O)cc(-c3ncc4c(N5C[C@H]6CC(C#N)[C@@H](C5)N6C(=O)C=C)nc(OC[C@]5(C)C[C@@H](F)CN5c5ccncc5)nc4c3F)c12. The first-order chi connectivity index (χ1) is 26.0. The Balaban J connectivity index is 1.26. The lowest BCUT2D eigenvalue weighted by atomic mass is 9.96. The van der Waals surface area contributed by atoms with Gasteiger partial charge in [-0.25, -0.2) is 13.2 Å². The lowest BCUT2D eigenvalue weighted by Gasteiger charge is -2.41. The third kappa shape index (κ3) is 5.66. The van der Waals surface area contributed by atoms with Crippen molar-refractivity contribution in [2.75, 3.05) is 36.0 Å². The molecule has 14 heteroatoms. The van der Waals surface area contributed by atoms with Crippen LogP contribution in [0.5, 0.6) is 11.8 Å². The van der Waals surface area contributed by atoms with Crippen LogP contribution in [0.4, 0.5) is 24.7 Å². The summed E-state index contributed by atoms with van der Waals surface area (Å²) in [5, 5.41) is 21.4. The van der Waals surface area contributed by atoms with Crippen LogP contribution in [0.25, 0.3) is 32.9 Å². The van der Waals surface area contributed by atoms with E-state index in [-0.39, 0.29) is 95.3 Å². The molecule has 3 saturated heterocycles. The molecule has 8 rings (SSSR count). The molecular formula is C40H33F3N8O3. The van der Waals surface area contributed by atoms with Crippen LogP contribution < -0.4 is 14.5 Å².